The van der Waals surface area contributed by atoms with Crippen molar-refractivity contribution in [3.63, 3.8) is 0 Å². The number of ether oxygens (including phenoxy) is 2. The molecule has 1 amide bonds. The molecule has 0 aliphatic rings. The first-order valence-corrected chi connectivity index (χ1v) is 6.39. The minimum Gasteiger partial charge on any atom is -0.493 e. The van der Waals surface area contributed by atoms with Crippen LogP contribution in [0, 0.1) is 5.82 Å². The third kappa shape index (κ3) is 4.08. The van der Waals surface area contributed by atoms with E-state index >= 15 is 0 Å². The van der Waals surface area contributed by atoms with E-state index in [1.807, 2.05) is 0 Å². The molecule has 1 aromatic carbocycles. The topological polar surface area (TPSA) is 84.9 Å². The lowest BCUT2D eigenvalue weighted by atomic mass is 10.1. The quantitative estimate of drug-likeness (QED) is 0.802. The number of carboxylic acids is 1. The Hall–Kier alpha value is -2.31. The predicted octanol–water partition coefficient (Wildman–Crippen LogP) is 1.83. The lowest BCUT2D eigenvalue weighted by Gasteiger charge is -2.15. The highest BCUT2D eigenvalue weighted by Gasteiger charge is 2.23. The normalized spacial score (nSPS) is 11.6. The number of benzene rings is 1. The second-order valence-electron chi connectivity index (χ2n) is 4.34. The van der Waals surface area contributed by atoms with Gasteiger partial charge in [-0.2, -0.15) is 0 Å². The summed E-state index contributed by atoms with van der Waals surface area (Å²) in [5, 5.41) is 11.3. The number of carboxylic acid groups (broad SMARTS) is 1. The summed E-state index contributed by atoms with van der Waals surface area (Å²) in [7, 11) is 2.70. The summed E-state index contributed by atoms with van der Waals surface area (Å²) in [6, 6.07) is 1.13. The summed E-state index contributed by atoms with van der Waals surface area (Å²) >= 11 is 0. The van der Waals surface area contributed by atoms with E-state index in [2.05, 4.69) is 5.32 Å². The highest BCUT2D eigenvalue weighted by atomic mass is 19.1. The molecule has 0 aliphatic carbocycles. The van der Waals surface area contributed by atoms with Crippen molar-refractivity contribution >= 4 is 11.9 Å². The Morgan fingerprint density at radius 3 is 2.33 bits per heavy atom. The summed E-state index contributed by atoms with van der Waals surface area (Å²) in [6.07, 6.45) is 0.835. The molecule has 1 atom stereocenters. The van der Waals surface area contributed by atoms with Gasteiger partial charge in [-0.3, -0.25) is 4.79 Å². The van der Waals surface area contributed by atoms with Crippen LogP contribution in [-0.4, -0.2) is 37.2 Å². The fourth-order valence-electron chi connectivity index (χ4n) is 1.81. The number of nitrogens with one attached hydrogen (secondary N) is 1. The molecule has 21 heavy (non-hydrogen) atoms. The maximum absolute atomic E-state index is 13.9. The third-order valence-corrected chi connectivity index (χ3v) is 2.90. The maximum atomic E-state index is 13.9. The first kappa shape index (κ1) is 16.7. The smallest absolute Gasteiger partial charge is 0.326 e. The van der Waals surface area contributed by atoms with E-state index in [1.165, 1.54) is 20.3 Å². The molecule has 1 rings (SSSR count). The zero-order valence-electron chi connectivity index (χ0n) is 12.1. The lowest BCUT2D eigenvalue weighted by Crippen LogP contribution is -2.41. The van der Waals surface area contributed by atoms with Gasteiger partial charge in [0.2, 0.25) is 0 Å². The Kier molecular flexibility index (Phi) is 5.95. The average molecular weight is 299 g/mol. The van der Waals surface area contributed by atoms with Crippen molar-refractivity contribution in [2.45, 2.75) is 25.8 Å². The molecule has 0 radical (unpaired) electrons. The van der Waals surface area contributed by atoms with E-state index in [4.69, 9.17) is 14.6 Å². The van der Waals surface area contributed by atoms with Crippen molar-refractivity contribution in [1.82, 2.24) is 5.32 Å². The van der Waals surface area contributed by atoms with Crippen LogP contribution in [-0.2, 0) is 4.79 Å². The number of hydrogen-bond acceptors (Lipinski definition) is 4. The number of amides is 1. The van der Waals surface area contributed by atoms with Crippen LogP contribution in [0.1, 0.15) is 30.1 Å². The summed E-state index contributed by atoms with van der Waals surface area (Å²) < 4.78 is 23.8. The number of carbonyl (C=O) groups excluding carboxylic acids is 1. The molecule has 2 N–H and O–H groups in total. The van der Waals surface area contributed by atoms with Gasteiger partial charge < -0.3 is 19.9 Å². The molecule has 0 aliphatic heterocycles. The van der Waals surface area contributed by atoms with E-state index in [0.29, 0.717) is 6.42 Å². The molecule has 1 unspecified atom stereocenters. The Balaban J connectivity index is 3.04. The van der Waals surface area contributed by atoms with Crippen LogP contribution in [0.15, 0.2) is 12.1 Å². The van der Waals surface area contributed by atoms with Crippen molar-refractivity contribution in [1.29, 1.82) is 0 Å². The van der Waals surface area contributed by atoms with E-state index < -0.39 is 23.7 Å². The molecule has 0 saturated carbocycles. The van der Waals surface area contributed by atoms with Gasteiger partial charge in [0, 0.05) is 6.07 Å². The molecule has 0 fully saturated rings. The molecule has 0 spiro atoms. The van der Waals surface area contributed by atoms with E-state index in [9.17, 15) is 14.0 Å². The van der Waals surface area contributed by atoms with Gasteiger partial charge in [0.25, 0.3) is 5.91 Å². The Labute approximate surface area is 121 Å². The first-order valence-electron chi connectivity index (χ1n) is 6.39. The second-order valence-corrected chi connectivity index (χ2v) is 4.34. The fourth-order valence-corrected chi connectivity index (χ4v) is 1.81. The molecule has 0 bridgehead atoms. The van der Waals surface area contributed by atoms with Crippen molar-refractivity contribution in [2.24, 2.45) is 0 Å². The van der Waals surface area contributed by atoms with E-state index in [0.717, 1.165) is 6.07 Å². The molecule has 7 heteroatoms. The van der Waals surface area contributed by atoms with E-state index in [-0.39, 0.29) is 23.5 Å². The summed E-state index contributed by atoms with van der Waals surface area (Å²) in [5.41, 5.74) is -0.296. The summed E-state index contributed by atoms with van der Waals surface area (Å²) in [6.45, 7) is 1.79. The average Bonchev–Trinajstić information content (AvgIpc) is 2.45. The van der Waals surface area contributed by atoms with Crippen molar-refractivity contribution in [3.05, 3.63) is 23.5 Å². The predicted molar refractivity (Wildman–Crippen MR) is 73.3 cm³/mol. The lowest BCUT2D eigenvalue weighted by molar-refractivity contribution is -0.139. The largest absolute Gasteiger partial charge is 0.493 e. The molecule has 0 heterocycles. The number of methoxy groups -OCH3 is 2. The SMILES string of the molecule is CCCC(NC(=O)c1cc(OC)c(OC)cc1F)C(=O)O. The Bertz CT molecular complexity index is 532. The number of rotatable bonds is 7. The minimum atomic E-state index is -1.16. The Morgan fingerprint density at radius 1 is 1.29 bits per heavy atom. The Morgan fingerprint density at radius 2 is 1.86 bits per heavy atom. The van der Waals surface area contributed by atoms with Crippen LogP contribution < -0.4 is 14.8 Å². The van der Waals surface area contributed by atoms with Crippen LogP contribution in [0.25, 0.3) is 0 Å². The van der Waals surface area contributed by atoms with Gasteiger partial charge >= 0.3 is 5.97 Å². The number of aliphatic carboxylic acids is 1. The van der Waals surface area contributed by atoms with Crippen LogP contribution in [0.2, 0.25) is 0 Å². The van der Waals surface area contributed by atoms with Crippen molar-refractivity contribution in [2.75, 3.05) is 14.2 Å². The van der Waals surface area contributed by atoms with Crippen LogP contribution >= 0.6 is 0 Å². The zero-order valence-corrected chi connectivity index (χ0v) is 12.1. The van der Waals surface area contributed by atoms with Crippen molar-refractivity contribution < 1.29 is 28.6 Å². The van der Waals surface area contributed by atoms with Crippen LogP contribution in [0.3, 0.4) is 0 Å². The second kappa shape index (κ2) is 7.47. The number of carbonyl (C=O) groups is 2. The fraction of sp³-hybridized carbons (Fsp3) is 0.429. The third-order valence-electron chi connectivity index (χ3n) is 2.90. The van der Waals surface area contributed by atoms with Gasteiger partial charge in [0.05, 0.1) is 19.8 Å². The number of halogens is 1. The summed E-state index contributed by atoms with van der Waals surface area (Å²) in [4.78, 5) is 23.0. The van der Waals surface area contributed by atoms with Crippen LogP contribution in [0.4, 0.5) is 4.39 Å². The van der Waals surface area contributed by atoms with Gasteiger partial charge in [0.15, 0.2) is 11.5 Å². The first-order chi connectivity index (χ1) is 9.94. The van der Waals surface area contributed by atoms with Gasteiger partial charge in [0.1, 0.15) is 11.9 Å². The van der Waals surface area contributed by atoms with Crippen molar-refractivity contribution in [3.8, 4) is 11.5 Å². The molecule has 116 valence electrons. The monoisotopic (exact) mass is 299 g/mol. The van der Waals surface area contributed by atoms with Gasteiger partial charge in [-0.15, -0.1) is 0 Å². The molecule has 1 aromatic rings. The highest BCUT2D eigenvalue weighted by Crippen LogP contribution is 2.29. The molecular formula is C14H18FNO5. The van der Waals surface area contributed by atoms with Gasteiger partial charge in [-0.1, -0.05) is 13.3 Å². The molecular weight excluding hydrogens is 281 g/mol. The summed E-state index contributed by atoms with van der Waals surface area (Å²) in [5.74, 6) is -2.45. The minimum absolute atomic E-state index is 0.148. The maximum Gasteiger partial charge on any atom is 0.326 e. The molecule has 0 aromatic heterocycles. The molecule has 6 nitrogen and oxygen atoms in total. The van der Waals surface area contributed by atoms with E-state index in [1.54, 1.807) is 6.92 Å². The van der Waals surface area contributed by atoms with Gasteiger partial charge in [-0.05, 0) is 12.5 Å². The van der Waals surface area contributed by atoms with Gasteiger partial charge in [-0.25, -0.2) is 9.18 Å². The van der Waals surface area contributed by atoms with Crippen LogP contribution in [0.5, 0.6) is 11.5 Å². The zero-order chi connectivity index (χ0) is 16.0. The highest BCUT2D eigenvalue weighted by molar-refractivity contribution is 5.97. The number of hydrogen-bond donors (Lipinski definition) is 2. The standard InChI is InChI=1S/C14H18FNO5/c1-4-5-10(14(18)19)16-13(17)8-6-11(20-2)12(21-3)7-9(8)15/h6-7,10H,4-5H2,1-3H3,(H,16,17)(H,18,19). The molecule has 0 saturated heterocycles.